The smallest absolute Gasteiger partial charge is 0.161 e. The largest absolute Gasteiger partial charge is 0.493 e. The lowest BCUT2D eigenvalue weighted by atomic mass is 10.0. The summed E-state index contributed by atoms with van der Waals surface area (Å²) in [6.45, 7) is 2.48. The normalized spacial score (nSPS) is 10.9. The number of hydrogen-bond acceptors (Lipinski definition) is 3. The van der Waals surface area contributed by atoms with E-state index in [1.165, 1.54) is 0 Å². The van der Waals surface area contributed by atoms with Crippen molar-refractivity contribution < 1.29 is 9.47 Å². The Hall–Kier alpha value is -2.44. The van der Waals surface area contributed by atoms with Gasteiger partial charge in [-0.25, -0.2) is 0 Å². The summed E-state index contributed by atoms with van der Waals surface area (Å²) in [4.78, 5) is 0. The number of nitrogens with zero attached hydrogens (tertiary/aromatic N) is 1. The van der Waals surface area contributed by atoms with E-state index in [0.717, 1.165) is 11.1 Å². The maximum Gasteiger partial charge on any atom is 0.161 e. The molecule has 0 radical (unpaired) electrons. The Morgan fingerprint density at radius 1 is 1.23 bits per heavy atom. The molecule has 3 nitrogen and oxygen atoms in total. The zero-order valence-electron chi connectivity index (χ0n) is 12.5. The second-order valence-electron chi connectivity index (χ2n) is 4.52. The molecule has 0 spiro atoms. The molecule has 112 valence electrons. The van der Waals surface area contributed by atoms with Gasteiger partial charge in [-0.2, -0.15) is 5.26 Å². The molecule has 0 aromatic heterocycles. The fraction of sp³-hybridized carbons (Fsp3) is 0.167. The Bertz CT molecular complexity index is 732. The lowest BCUT2D eigenvalue weighted by Gasteiger charge is -2.10. The van der Waals surface area contributed by atoms with Crippen molar-refractivity contribution in [3.63, 3.8) is 0 Å². The second-order valence-corrected chi connectivity index (χ2v) is 4.96. The van der Waals surface area contributed by atoms with Crippen LogP contribution < -0.4 is 9.47 Å². The third kappa shape index (κ3) is 3.81. The zero-order chi connectivity index (χ0) is 15.9. The number of halogens is 1. The quantitative estimate of drug-likeness (QED) is 0.587. The highest BCUT2D eigenvalue weighted by atomic mass is 35.5. The standard InChI is InChI=1S/C18H16ClNO2/c1-3-22-17-8-7-13(10-18(17)21-2)9-15(12-20)14-5-4-6-16(19)11-14/h4-11H,3H2,1-2H3/b15-9-. The SMILES string of the molecule is CCOc1ccc(/C=C(/C#N)c2cccc(Cl)c2)cc1OC. The van der Waals surface area contributed by atoms with Gasteiger partial charge in [0.15, 0.2) is 11.5 Å². The van der Waals surface area contributed by atoms with Crippen molar-refractivity contribution in [3.8, 4) is 17.6 Å². The lowest BCUT2D eigenvalue weighted by Crippen LogP contribution is -1.95. The summed E-state index contributed by atoms with van der Waals surface area (Å²) in [7, 11) is 1.59. The van der Waals surface area contributed by atoms with Gasteiger partial charge in [-0.15, -0.1) is 0 Å². The Labute approximate surface area is 135 Å². The minimum Gasteiger partial charge on any atom is -0.493 e. The summed E-state index contributed by atoms with van der Waals surface area (Å²) >= 11 is 5.98. The second kappa shape index (κ2) is 7.53. The highest BCUT2D eigenvalue weighted by Crippen LogP contribution is 2.30. The van der Waals surface area contributed by atoms with Crippen LogP contribution in [-0.4, -0.2) is 13.7 Å². The van der Waals surface area contributed by atoms with E-state index >= 15 is 0 Å². The molecular formula is C18H16ClNO2. The molecule has 0 N–H and O–H groups in total. The van der Waals surface area contributed by atoms with Crippen LogP contribution in [0.15, 0.2) is 42.5 Å². The molecule has 0 atom stereocenters. The van der Waals surface area contributed by atoms with Crippen LogP contribution in [-0.2, 0) is 0 Å². The Kier molecular flexibility index (Phi) is 5.46. The number of ether oxygens (including phenoxy) is 2. The zero-order valence-corrected chi connectivity index (χ0v) is 13.2. The summed E-state index contributed by atoms with van der Waals surface area (Å²) < 4.78 is 10.8. The summed E-state index contributed by atoms with van der Waals surface area (Å²) in [5, 5.41) is 9.98. The van der Waals surface area contributed by atoms with E-state index < -0.39 is 0 Å². The topological polar surface area (TPSA) is 42.2 Å². The maximum atomic E-state index is 9.38. The van der Waals surface area contributed by atoms with E-state index in [4.69, 9.17) is 21.1 Å². The predicted octanol–water partition coefficient (Wildman–Crippen LogP) is 4.81. The number of allylic oxidation sites excluding steroid dienone is 1. The van der Waals surface area contributed by atoms with Crippen LogP contribution in [0.4, 0.5) is 0 Å². The summed E-state index contributed by atoms with van der Waals surface area (Å²) in [6.07, 6.45) is 1.80. The van der Waals surface area contributed by atoms with Crippen LogP contribution in [0.5, 0.6) is 11.5 Å². The molecular weight excluding hydrogens is 298 g/mol. The summed E-state index contributed by atoms with van der Waals surface area (Å²) in [6, 6.07) is 15.0. The molecule has 0 aliphatic heterocycles. The molecule has 0 fully saturated rings. The molecule has 2 rings (SSSR count). The van der Waals surface area contributed by atoms with Crippen LogP contribution in [0.25, 0.3) is 11.6 Å². The highest BCUT2D eigenvalue weighted by Gasteiger charge is 2.06. The van der Waals surface area contributed by atoms with Gasteiger partial charge in [-0.1, -0.05) is 29.8 Å². The van der Waals surface area contributed by atoms with E-state index in [2.05, 4.69) is 6.07 Å². The van der Waals surface area contributed by atoms with Crippen molar-refractivity contribution in [2.45, 2.75) is 6.92 Å². The van der Waals surface area contributed by atoms with Crippen LogP contribution in [0.2, 0.25) is 5.02 Å². The number of benzene rings is 2. The summed E-state index contributed by atoms with van der Waals surface area (Å²) in [5.41, 5.74) is 2.17. The van der Waals surface area contributed by atoms with Gasteiger partial charge >= 0.3 is 0 Å². The predicted molar refractivity (Wildman–Crippen MR) is 89.1 cm³/mol. The van der Waals surface area contributed by atoms with Crippen LogP contribution in [0.3, 0.4) is 0 Å². The third-order valence-electron chi connectivity index (χ3n) is 3.05. The van der Waals surface area contributed by atoms with Gasteiger partial charge in [0.1, 0.15) is 0 Å². The Morgan fingerprint density at radius 2 is 2.05 bits per heavy atom. The van der Waals surface area contributed by atoms with Crippen molar-refractivity contribution in [1.29, 1.82) is 5.26 Å². The van der Waals surface area contributed by atoms with Crippen LogP contribution in [0.1, 0.15) is 18.1 Å². The molecule has 2 aromatic rings. The first-order valence-corrected chi connectivity index (χ1v) is 7.24. The maximum absolute atomic E-state index is 9.38. The summed E-state index contributed by atoms with van der Waals surface area (Å²) in [5.74, 6) is 1.32. The molecule has 2 aromatic carbocycles. The van der Waals surface area contributed by atoms with Crippen LogP contribution in [0, 0.1) is 11.3 Å². The van der Waals surface area contributed by atoms with Crippen LogP contribution >= 0.6 is 11.6 Å². The monoisotopic (exact) mass is 313 g/mol. The van der Waals surface area contributed by atoms with E-state index in [9.17, 15) is 5.26 Å². The fourth-order valence-electron chi connectivity index (χ4n) is 2.05. The first-order chi connectivity index (χ1) is 10.7. The van der Waals surface area contributed by atoms with Gasteiger partial charge in [0, 0.05) is 5.02 Å². The lowest BCUT2D eigenvalue weighted by molar-refractivity contribution is 0.311. The molecule has 22 heavy (non-hydrogen) atoms. The number of hydrogen-bond donors (Lipinski definition) is 0. The molecule has 0 aliphatic rings. The molecule has 0 aliphatic carbocycles. The molecule has 4 heteroatoms. The molecule has 0 saturated heterocycles. The van der Waals surface area contributed by atoms with Gasteiger partial charge < -0.3 is 9.47 Å². The van der Waals surface area contributed by atoms with E-state index in [1.807, 2.05) is 37.3 Å². The van der Waals surface area contributed by atoms with Gasteiger partial charge in [-0.05, 0) is 48.4 Å². The number of rotatable bonds is 5. The Morgan fingerprint density at radius 3 is 2.68 bits per heavy atom. The molecule has 0 amide bonds. The van der Waals surface area contributed by atoms with Crippen molar-refractivity contribution in [1.82, 2.24) is 0 Å². The molecule has 0 bridgehead atoms. The van der Waals surface area contributed by atoms with E-state index in [-0.39, 0.29) is 0 Å². The first-order valence-electron chi connectivity index (χ1n) is 6.86. The average molecular weight is 314 g/mol. The van der Waals surface area contributed by atoms with Gasteiger partial charge in [0.25, 0.3) is 0 Å². The van der Waals surface area contributed by atoms with Crippen molar-refractivity contribution >= 4 is 23.3 Å². The average Bonchev–Trinajstić information content (AvgIpc) is 2.54. The van der Waals surface area contributed by atoms with Crippen molar-refractivity contribution in [3.05, 3.63) is 58.6 Å². The fourth-order valence-corrected chi connectivity index (χ4v) is 2.24. The van der Waals surface area contributed by atoms with E-state index in [0.29, 0.717) is 28.7 Å². The van der Waals surface area contributed by atoms with Crippen molar-refractivity contribution in [2.75, 3.05) is 13.7 Å². The molecule has 0 heterocycles. The highest BCUT2D eigenvalue weighted by molar-refractivity contribution is 6.30. The number of nitriles is 1. The van der Waals surface area contributed by atoms with E-state index in [1.54, 1.807) is 25.3 Å². The minimum atomic E-state index is 0.536. The molecule has 0 saturated carbocycles. The van der Waals surface area contributed by atoms with Crippen molar-refractivity contribution in [2.24, 2.45) is 0 Å². The Balaban J connectivity index is 2.40. The van der Waals surface area contributed by atoms with Gasteiger partial charge in [-0.3, -0.25) is 0 Å². The third-order valence-corrected chi connectivity index (χ3v) is 3.29. The van der Waals surface area contributed by atoms with Gasteiger partial charge in [0.2, 0.25) is 0 Å². The first kappa shape index (κ1) is 15.9. The minimum absolute atomic E-state index is 0.536. The number of methoxy groups -OCH3 is 1. The molecule has 0 unspecified atom stereocenters. The van der Waals surface area contributed by atoms with Gasteiger partial charge in [0.05, 0.1) is 25.4 Å².